The van der Waals surface area contributed by atoms with Crippen molar-refractivity contribution in [2.24, 2.45) is 10.8 Å². The molecule has 262 valence electrons. The Hall–Kier alpha value is -3.28. The fraction of sp³-hybridized carbons (Fsp3) is 0.548. The molecule has 2 aliphatic carbocycles. The summed E-state index contributed by atoms with van der Waals surface area (Å²) < 4.78 is 11.6. The van der Waals surface area contributed by atoms with E-state index >= 15 is 0 Å². The molecule has 3 fully saturated rings. The Balaban J connectivity index is 1.54. The molecule has 2 saturated carbocycles. The number of carbonyl (C=O) groups excluding carboxylic acids is 2. The smallest absolute Gasteiger partial charge is 0.302 e. The van der Waals surface area contributed by atoms with Gasteiger partial charge in [-0.2, -0.15) is 0 Å². The number of hydrogen-bond donors (Lipinski definition) is 2. The van der Waals surface area contributed by atoms with E-state index in [9.17, 15) is 19.8 Å². The van der Waals surface area contributed by atoms with E-state index < -0.39 is 16.8 Å². The van der Waals surface area contributed by atoms with Crippen LogP contribution in [-0.2, 0) is 19.1 Å². The van der Waals surface area contributed by atoms with Gasteiger partial charge in [0.1, 0.15) is 11.7 Å². The first-order valence-electron chi connectivity index (χ1n) is 17.1. The van der Waals surface area contributed by atoms with Gasteiger partial charge in [0.25, 0.3) is 0 Å². The van der Waals surface area contributed by atoms with Gasteiger partial charge >= 0.3 is 5.97 Å². The molecule has 6 heteroatoms. The van der Waals surface area contributed by atoms with Crippen molar-refractivity contribution in [1.29, 1.82) is 0 Å². The van der Waals surface area contributed by atoms with E-state index in [-0.39, 0.29) is 34.8 Å². The molecule has 48 heavy (non-hydrogen) atoms. The van der Waals surface area contributed by atoms with Gasteiger partial charge in [0, 0.05) is 31.8 Å². The van der Waals surface area contributed by atoms with Crippen LogP contribution in [0, 0.1) is 10.8 Å². The number of ketones is 1. The summed E-state index contributed by atoms with van der Waals surface area (Å²) in [7, 11) is 0. The maximum Gasteiger partial charge on any atom is 0.302 e. The monoisotopic (exact) mass is 658 g/mol. The summed E-state index contributed by atoms with van der Waals surface area (Å²) in [5.74, 6) is -0.244. The summed E-state index contributed by atoms with van der Waals surface area (Å²) in [6, 6.07) is 0. The number of aliphatic hydroxyl groups excluding tert-OH is 1. The molecular weight excluding hydrogens is 600 g/mol. The lowest BCUT2D eigenvalue weighted by Crippen LogP contribution is -2.48. The van der Waals surface area contributed by atoms with E-state index in [1.807, 2.05) is 115 Å². The first-order valence-corrected chi connectivity index (χ1v) is 17.1. The molecule has 6 nitrogen and oxygen atoms in total. The number of fused-ring (bicyclic) bond motifs is 1. The van der Waals surface area contributed by atoms with Crippen LogP contribution in [0.5, 0.6) is 0 Å². The van der Waals surface area contributed by atoms with Gasteiger partial charge in [-0.3, -0.25) is 9.59 Å². The fourth-order valence-electron chi connectivity index (χ4n) is 7.76. The maximum atomic E-state index is 13.1. The van der Waals surface area contributed by atoms with Crippen molar-refractivity contribution in [3.8, 4) is 0 Å². The second-order valence-corrected chi connectivity index (χ2v) is 15.9. The molecule has 5 atom stereocenters. The molecular formula is C42H58O6. The van der Waals surface area contributed by atoms with Crippen molar-refractivity contribution in [1.82, 2.24) is 0 Å². The minimum absolute atomic E-state index is 0.0816. The zero-order valence-electron chi connectivity index (χ0n) is 31.1. The van der Waals surface area contributed by atoms with Gasteiger partial charge in [-0.15, -0.1) is 5.73 Å². The summed E-state index contributed by atoms with van der Waals surface area (Å²) in [5.41, 5.74) is 5.35. The molecule has 2 N–H and O–H groups in total. The molecule has 1 heterocycles. The van der Waals surface area contributed by atoms with E-state index in [2.05, 4.69) is 19.6 Å². The zero-order valence-corrected chi connectivity index (χ0v) is 31.1. The topological polar surface area (TPSA) is 96.4 Å². The summed E-state index contributed by atoms with van der Waals surface area (Å²) >= 11 is 0. The van der Waals surface area contributed by atoms with Crippen LogP contribution in [0.1, 0.15) is 108 Å². The number of Topliss-reactive ketones (excluding diaryl/α,β-unsaturated/α-hetero) is 1. The second-order valence-electron chi connectivity index (χ2n) is 15.9. The highest BCUT2D eigenvalue weighted by Gasteiger charge is 2.76. The van der Waals surface area contributed by atoms with Gasteiger partial charge in [-0.25, -0.2) is 0 Å². The Morgan fingerprint density at radius 1 is 0.812 bits per heavy atom. The molecule has 3 aliphatic rings. The summed E-state index contributed by atoms with van der Waals surface area (Å²) in [5, 5.41) is 21.4. The highest BCUT2D eigenvalue weighted by Crippen LogP contribution is 2.67. The van der Waals surface area contributed by atoms with Crippen molar-refractivity contribution in [3.05, 3.63) is 100 Å². The van der Waals surface area contributed by atoms with E-state index in [0.717, 1.165) is 22.3 Å². The first-order chi connectivity index (χ1) is 22.1. The van der Waals surface area contributed by atoms with Crippen LogP contribution in [0.25, 0.3) is 0 Å². The molecule has 0 radical (unpaired) electrons. The zero-order chi connectivity index (χ0) is 36.1. The average molecular weight is 659 g/mol. The third kappa shape index (κ3) is 9.66. The maximum absolute atomic E-state index is 13.1. The number of carbonyl (C=O) groups is 2. The van der Waals surface area contributed by atoms with Crippen LogP contribution >= 0.6 is 0 Å². The van der Waals surface area contributed by atoms with Gasteiger partial charge < -0.3 is 19.7 Å². The van der Waals surface area contributed by atoms with Crippen molar-refractivity contribution in [2.45, 2.75) is 137 Å². The van der Waals surface area contributed by atoms with Crippen LogP contribution in [0.4, 0.5) is 0 Å². The molecule has 0 aromatic heterocycles. The van der Waals surface area contributed by atoms with E-state index in [0.29, 0.717) is 37.7 Å². The molecule has 1 unspecified atom stereocenters. The number of esters is 1. The molecule has 0 aromatic rings. The molecule has 1 aliphatic heterocycles. The summed E-state index contributed by atoms with van der Waals surface area (Å²) in [6.45, 7) is 21.4. The Kier molecular flexibility index (Phi) is 12.3. The van der Waals surface area contributed by atoms with Gasteiger partial charge in [0.2, 0.25) is 0 Å². The van der Waals surface area contributed by atoms with Gasteiger partial charge in [-0.05, 0) is 82.4 Å². The lowest BCUT2D eigenvalue weighted by atomic mass is 9.61. The number of ether oxygens (including phenoxy) is 2. The van der Waals surface area contributed by atoms with E-state index in [4.69, 9.17) is 9.47 Å². The Morgan fingerprint density at radius 3 is 1.92 bits per heavy atom. The number of aliphatic hydroxyl groups is 2. The summed E-state index contributed by atoms with van der Waals surface area (Å²) in [6.07, 6.45) is 23.6. The fourth-order valence-corrected chi connectivity index (χ4v) is 7.76. The van der Waals surface area contributed by atoms with Crippen molar-refractivity contribution in [2.75, 3.05) is 0 Å². The van der Waals surface area contributed by atoms with Crippen molar-refractivity contribution in [3.63, 3.8) is 0 Å². The predicted octanol–water partition coefficient (Wildman–Crippen LogP) is 8.69. The van der Waals surface area contributed by atoms with Gasteiger partial charge in [0.05, 0.1) is 17.3 Å². The number of hydrogen-bond acceptors (Lipinski definition) is 6. The number of epoxide rings is 1. The number of rotatable bonds is 11. The number of allylic oxidation sites excluding steroid dienone is 14. The Bertz CT molecular complexity index is 1510. The highest BCUT2D eigenvalue weighted by atomic mass is 16.6. The van der Waals surface area contributed by atoms with Gasteiger partial charge in [-0.1, -0.05) is 99.6 Å². The van der Waals surface area contributed by atoms with Gasteiger partial charge in [0.15, 0.2) is 5.78 Å². The second kappa shape index (κ2) is 15.1. The predicted molar refractivity (Wildman–Crippen MR) is 194 cm³/mol. The molecule has 0 aromatic carbocycles. The normalized spacial score (nSPS) is 32.4. The minimum atomic E-state index is -1.11. The van der Waals surface area contributed by atoms with Crippen molar-refractivity contribution < 1.29 is 29.3 Å². The third-order valence-electron chi connectivity index (χ3n) is 10.1. The summed E-state index contributed by atoms with van der Waals surface area (Å²) in [4.78, 5) is 24.5. The molecule has 1 saturated heterocycles. The molecule has 0 amide bonds. The lowest BCUT2D eigenvalue weighted by molar-refractivity contribution is -0.152. The third-order valence-corrected chi connectivity index (χ3v) is 10.1. The first kappa shape index (κ1) is 39.2. The van der Waals surface area contributed by atoms with Crippen LogP contribution in [0.15, 0.2) is 100 Å². The largest absolute Gasteiger partial charge is 0.462 e. The molecule has 3 rings (SSSR count). The molecule has 0 bridgehead atoms. The van der Waals surface area contributed by atoms with Crippen molar-refractivity contribution >= 4 is 11.8 Å². The average Bonchev–Trinajstić information content (AvgIpc) is 3.53. The van der Waals surface area contributed by atoms with Crippen LogP contribution in [0.3, 0.4) is 0 Å². The lowest BCUT2D eigenvalue weighted by Gasteiger charge is -2.44. The quantitative estimate of drug-likeness (QED) is 0.0758. The standard InChI is InChI=1S/C42H58O6/c1-29(18-14-19-31(3)22-23-37-38(6,7)26-35(47-33(5)43)27-40(37,10)46)16-12-13-17-30(2)20-15-21-32(4)36(45)28-42-39(8,9)24-34(44)25-41(42,11)48-42/h12-22,34-35,44,46H,24-28H2,1-11H3/b13-12+,18-14+,20-15+,29-16-,30-17+,31-19-,32-21+/t23?,34-,35-,40+,41+,42?/m0/s1. The van der Waals surface area contributed by atoms with Crippen LogP contribution < -0.4 is 0 Å². The highest BCUT2D eigenvalue weighted by molar-refractivity contribution is 5.96. The van der Waals surface area contributed by atoms with Crippen LogP contribution in [0.2, 0.25) is 0 Å². The Morgan fingerprint density at radius 2 is 1.38 bits per heavy atom. The Labute approximate surface area is 289 Å². The van der Waals surface area contributed by atoms with E-state index in [1.165, 1.54) is 6.92 Å². The minimum Gasteiger partial charge on any atom is -0.462 e. The molecule has 0 spiro atoms. The SMILES string of the molecule is CC(=O)O[C@H]1CC(C)(C)C(=C=C\C(C)=C/C=C/C(C)=C\C=C\C=C(C)\C=C\C=C(/C)C(=O)CC23O[C@]2(C)C[C@@H](O)CC3(C)C)[C@](C)(O)C1. The van der Waals surface area contributed by atoms with Crippen LogP contribution in [-0.4, -0.2) is 51.0 Å². The van der Waals surface area contributed by atoms with E-state index in [1.54, 1.807) is 6.92 Å².